The van der Waals surface area contributed by atoms with Crippen molar-refractivity contribution in [2.75, 3.05) is 0 Å². The van der Waals surface area contributed by atoms with E-state index in [1.807, 2.05) is 0 Å². The highest BCUT2D eigenvalue weighted by atomic mass is 79.9. The Morgan fingerprint density at radius 1 is 1.77 bits per heavy atom. The zero-order valence-electron chi connectivity index (χ0n) is 6.21. The van der Waals surface area contributed by atoms with Crippen molar-refractivity contribution in [3.8, 4) is 0 Å². The quantitative estimate of drug-likeness (QED) is 0.437. The van der Waals surface area contributed by atoms with E-state index in [1.54, 1.807) is 0 Å². The van der Waals surface area contributed by atoms with Crippen LogP contribution in [0.1, 0.15) is 0 Å². The molecule has 0 amide bonds. The number of nitrogens with zero attached hydrogens (tertiary/aromatic N) is 1. The van der Waals surface area contributed by atoms with Crippen LogP contribution in [0.15, 0.2) is 22.5 Å². The Labute approximate surface area is 80.4 Å². The Hall–Kier alpha value is -0.820. The minimum absolute atomic E-state index is 0.0362. The molecule has 0 aromatic carbocycles. The van der Waals surface area contributed by atoms with Crippen molar-refractivity contribution in [3.63, 3.8) is 0 Å². The Balaban J connectivity index is 3.16. The summed E-state index contributed by atoms with van der Waals surface area (Å²) in [5.74, 6) is -4.13. The third-order valence-electron chi connectivity index (χ3n) is 1.63. The predicted octanol–water partition coefficient (Wildman–Crippen LogP) is 1.40. The molecule has 13 heavy (non-hydrogen) atoms. The summed E-state index contributed by atoms with van der Waals surface area (Å²) in [4.78, 5) is 9.01. The molecule has 4 nitrogen and oxygen atoms in total. The Morgan fingerprint density at radius 2 is 2.31 bits per heavy atom. The highest BCUT2D eigenvalue weighted by Crippen LogP contribution is 2.32. The van der Waals surface area contributed by atoms with Crippen LogP contribution in [0.2, 0.25) is 0 Å². The molecule has 72 valence electrons. The molecule has 0 aromatic rings. The lowest BCUT2D eigenvalue weighted by molar-refractivity contribution is -0.592. The van der Waals surface area contributed by atoms with E-state index < -0.39 is 22.6 Å². The van der Waals surface area contributed by atoms with E-state index >= 15 is 0 Å². The Bertz CT molecular complexity index is 318. The summed E-state index contributed by atoms with van der Waals surface area (Å²) < 4.78 is 26.1. The van der Waals surface area contributed by atoms with Crippen LogP contribution in [0.5, 0.6) is 0 Å². The van der Waals surface area contributed by atoms with E-state index in [1.165, 1.54) is 0 Å². The number of nitro groups is 1. The molecule has 2 N–H and O–H groups in total. The summed E-state index contributed by atoms with van der Waals surface area (Å²) in [6.07, 6.45) is 1.52. The highest BCUT2D eigenvalue weighted by molar-refractivity contribution is 9.11. The molecule has 7 heteroatoms. The summed E-state index contributed by atoms with van der Waals surface area (Å²) in [5, 5.41) is 10.3. The molecular weight excluding hydrogens is 250 g/mol. The van der Waals surface area contributed by atoms with E-state index in [2.05, 4.69) is 15.9 Å². The lowest BCUT2D eigenvalue weighted by Crippen LogP contribution is -2.50. The van der Waals surface area contributed by atoms with E-state index in [4.69, 9.17) is 5.73 Å². The van der Waals surface area contributed by atoms with Crippen molar-refractivity contribution in [3.05, 3.63) is 32.6 Å². The molecule has 1 aliphatic carbocycles. The van der Waals surface area contributed by atoms with Crippen molar-refractivity contribution in [1.29, 1.82) is 0 Å². The molecule has 0 saturated heterocycles. The van der Waals surface area contributed by atoms with Crippen molar-refractivity contribution < 1.29 is 13.7 Å². The first-order valence-electron chi connectivity index (χ1n) is 3.22. The fourth-order valence-electron chi connectivity index (χ4n) is 0.906. The maximum Gasteiger partial charge on any atom is 0.400 e. The third-order valence-corrected chi connectivity index (χ3v) is 2.09. The number of hydrogen-bond acceptors (Lipinski definition) is 3. The van der Waals surface area contributed by atoms with Gasteiger partial charge in [0.1, 0.15) is 5.83 Å². The number of alkyl halides is 1. The van der Waals surface area contributed by atoms with Gasteiger partial charge >= 0.3 is 5.79 Å². The molecule has 0 bridgehead atoms. The van der Waals surface area contributed by atoms with Gasteiger partial charge in [-0.15, -0.1) is 0 Å². The predicted molar refractivity (Wildman–Crippen MR) is 45.0 cm³/mol. The van der Waals surface area contributed by atoms with E-state index in [0.717, 1.165) is 6.08 Å². The molecule has 0 saturated carbocycles. The summed E-state index contributed by atoms with van der Waals surface area (Å²) in [7, 11) is 0. The lowest BCUT2D eigenvalue weighted by atomic mass is 10.0. The van der Waals surface area contributed by atoms with Gasteiger partial charge < -0.3 is 5.73 Å². The molecular formula is C6H5BrF2N2O2. The molecule has 1 aliphatic rings. The largest absolute Gasteiger partial charge is 0.400 e. The summed E-state index contributed by atoms with van der Waals surface area (Å²) in [6.45, 7) is 0. The standard InChI is InChI=1S/C6H5BrF2N2O2/c7-3-1-4(8)5(10)6(9,2-3)11(12)13/h1-2,5H,10H2. The summed E-state index contributed by atoms with van der Waals surface area (Å²) in [6, 6.07) is -1.89. The van der Waals surface area contributed by atoms with Gasteiger partial charge in [0.2, 0.25) is 0 Å². The molecule has 0 radical (unpaired) electrons. The van der Waals surface area contributed by atoms with Gasteiger partial charge in [0.15, 0.2) is 6.04 Å². The molecule has 0 spiro atoms. The van der Waals surface area contributed by atoms with Gasteiger partial charge in [0.05, 0.1) is 4.92 Å². The summed E-state index contributed by atoms with van der Waals surface area (Å²) >= 11 is 2.74. The minimum atomic E-state index is -3.07. The summed E-state index contributed by atoms with van der Waals surface area (Å²) in [5.41, 5.74) is 4.99. The average molecular weight is 255 g/mol. The molecule has 0 aromatic heterocycles. The lowest BCUT2D eigenvalue weighted by Gasteiger charge is -2.22. The van der Waals surface area contributed by atoms with Crippen molar-refractivity contribution in [2.45, 2.75) is 11.8 Å². The van der Waals surface area contributed by atoms with Crippen LogP contribution >= 0.6 is 15.9 Å². The van der Waals surface area contributed by atoms with E-state index in [9.17, 15) is 18.9 Å². The fraction of sp³-hybridized carbons (Fsp3) is 0.333. The van der Waals surface area contributed by atoms with Gasteiger partial charge in [0, 0.05) is 10.6 Å². The second-order valence-electron chi connectivity index (χ2n) is 2.52. The zero-order chi connectivity index (χ0) is 10.2. The van der Waals surface area contributed by atoms with Gasteiger partial charge in [-0.05, 0) is 6.08 Å². The first-order chi connectivity index (χ1) is 5.88. The van der Waals surface area contributed by atoms with Crippen LogP contribution in [0.3, 0.4) is 0 Å². The average Bonchev–Trinajstić information content (AvgIpc) is 1.99. The topological polar surface area (TPSA) is 69.2 Å². The number of allylic oxidation sites excluding steroid dienone is 2. The van der Waals surface area contributed by atoms with Crippen LogP contribution < -0.4 is 5.73 Å². The van der Waals surface area contributed by atoms with Gasteiger partial charge in [-0.1, -0.05) is 15.9 Å². The molecule has 0 fully saturated rings. The number of halogens is 3. The minimum Gasteiger partial charge on any atom is -0.313 e. The maximum atomic E-state index is 13.4. The maximum absolute atomic E-state index is 13.4. The first kappa shape index (κ1) is 10.3. The number of hydrogen-bond donors (Lipinski definition) is 1. The van der Waals surface area contributed by atoms with Crippen molar-refractivity contribution in [2.24, 2.45) is 5.73 Å². The van der Waals surface area contributed by atoms with Crippen LogP contribution in [-0.2, 0) is 0 Å². The van der Waals surface area contributed by atoms with Gasteiger partial charge in [-0.2, -0.15) is 4.39 Å². The van der Waals surface area contributed by atoms with E-state index in [-0.39, 0.29) is 4.48 Å². The number of nitrogens with two attached hydrogens (primary N) is 1. The second-order valence-corrected chi connectivity index (χ2v) is 3.44. The van der Waals surface area contributed by atoms with Crippen LogP contribution in [0.25, 0.3) is 0 Å². The van der Waals surface area contributed by atoms with Crippen molar-refractivity contribution in [1.82, 2.24) is 0 Å². The number of rotatable bonds is 1. The SMILES string of the molecule is NC1C(F)=CC(Br)=CC1(F)[N+](=O)[O-]. The van der Waals surface area contributed by atoms with Gasteiger partial charge in [-0.3, -0.25) is 10.1 Å². The third kappa shape index (κ3) is 1.61. The van der Waals surface area contributed by atoms with Crippen molar-refractivity contribution >= 4 is 15.9 Å². The normalized spacial score (nSPS) is 33.7. The molecule has 2 atom stereocenters. The molecule has 0 heterocycles. The van der Waals surface area contributed by atoms with Gasteiger partial charge in [-0.25, -0.2) is 4.39 Å². The van der Waals surface area contributed by atoms with Crippen LogP contribution in [0, 0.1) is 10.1 Å². The molecule has 2 unspecified atom stereocenters. The first-order valence-corrected chi connectivity index (χ1v) is 4.01. The monoisotopic (exact) mass is 254 g/mol. The Kier molecular flexibility index (Phi) is 2.49. The van der Waals surface area contributed by atoms with Crippen LogP contribution in [-0.4, -0.2) is 16.8 Å². The smallest absolute Gasteiger partial charge is 0.313 e. The second kappa shape index (κ2) is 3.15. The molecule has 0 aliphatic heterocycles. The Morgan fingerprint density at radius 3 is 2.77 bits per heavy atom. The van der Waals surface area contributed by atoms with Crippen LogP contribution in [0.4, 0.5) is 8.78 Å². The van der Waals surface area contributed by atoms with Gasteiger partial charge in [0.25, 0.3) is 0 Å². The zero-order valence-corrected chi connectivity index (χ0v) is 7.79. The highest BCUT2D eigenvalue weighted by Gasteiger charge is 2.51. The molecule has 1 rings (SSSR count). The van der Waals surface area contributed by atoms with E-state index in [0.29, 0.717) is 6.08 Å². The fourth-order valence-corrected chi connectivity index (χ4v) is 1.45.